The summed E-state index contributed by atoms with van der Waals surface area (Å²) in [7, 11) is 0. The SMILES string of the molecule is CCc1ccc(CC)c(CNC(=O)c2cccc(I)c2)c1. The molecule has 1 N–H and O–H groups in total. The number of rotatable bonds is 5. The van der Waals surface area contributed by atoms with E-state index >= 15 is 0 Å². The van der Waals surface area contributed by atoms with Crippen LogP contribution >= 0.6 is 22.6 Å². The second-order valence-corrected chi connectivity index (χ2v) is 6.25. The number of aryl methyl sites for hydroxylation is 2. The molecule has 0 saturated carbocycles. The molecule has 2 nitrogen and oxygen atoms in total. The predicted molar refractivity (Wildman–Crippen MR) is 95.5 cm³/mol. The molecule has 2 aromatic rings. The van der Waals surface area contributed by atoms with Gasteiger partial charge in [-0.3, -0.25) is 4.79 Å². The second kappa shape index (κ2) is 7.59. The molecular weight excluding hydrogens is 373 g/mol. The Morgan fingerprint density at radius 2 is 1.86 bits per heavy atom. The molecule has 3 heteroatoms. The van der Waals surface area contributed by atoms with E-state index in [0.717, 1.165) is 16.4 Å². The van der Waals surface area contributed by atoms with E-state index in [9.17, 15) is 4.79 Å². The molecule has 0 saturated heterocycles. The average Bonchev–Trinajstić information content (AvgIpc) is 2.52. The van der Waals surface area contributed by atoms with E-state index in [-0.39, 0.29) is 5.91 Å². The minimum absolute atomic E-state index is 0.0162. The van der Waals surface area contributed by atoms with Crippen LogP contribution in [-0.4, -0.2) is 5.91 Å². The van der Waals surface area contributed by atoms with Crippen LogP contribution in [0.15, 0.2) is 42.5 Å². The van der Waals surface area contributed by atoms with E-state index in [4.69, 9.17) is 0 Å². The molecule has 0 radical (unpaired) electrons. The van der Waals surface area contributed by atoms with Gasteiger partial charge in [-0.15, -0.1) is 0 Å². The van der Waals surface area contributed by atoms with E-state index < -0.39 is 0 Å². The fraction of sp³-hybridized carbons (Fsp3) is 0.278. The third kappa shape index (κ3) is 4.30. The summed E-state index contributed by atoms with van der Waals surface area (Å²) in [5.41, 5.74) is 4.54. The smallest absolute Gasteiger partial charge is 0.251 e. The molecule has 0 aliphatic carbocycles. The van der Waals surface area contributed by atoms with Crippen molar-refractivity contribution in [2.45, 2.75) is 33.2 Å². The van der Waals surface area contributed by atoms with Crippen molar-refractivity contribution in [1.29, 1.82) is 0 Å². The molecule has 2 aromatic carbocycles. The minimum atomic E-state index is -0.0162. The number of benzene rings is 2. The molecule has 0 bridgehead atoms. The molecule has 0 aliphatic heterocycles. The van der Waals surface area contributed by atoms with Gasteiger partial charge in [-0.1, -0.05) is 38.1 Å². The zero-order valence-electron chi connectivity index (χ0n) is 12.4. The van der Waals surface area contributed by atoms with Gasteiger partial charge in [-0.25, -0.2) is 0 Å². The first-order chi connectivity index (χ1) is 10.1. The summed E-state index contributed by atoms with van der Waals surface area (Å²) in [6.07, 6.45) is 2.00. The van der Waals surface area contributed by atoms with Crippen LogP contribution in [0.4, 0.5) is 0 Å². The van der Waals surface area contributed by atoms with Crippen LogP contribution in [0.5, 0.6) is 0 Å². The quantitative estimate of drug-likeness (QED) is 0.753. The van der Waals surface area contributed by atoms with Crippen LogP contribution in [0.2, 0.25) is 0 Å². The van der Waals surface area contributed by atoms with Crippen molar-refractivity contribution < 1.29 is 4.79 Å². The topological polar surface area (TPSA) is 29.1 Å². The van der Waals surface area contributed by atoms with Crippen molar-refractivity contribution in [3.05, 3.63) is 68.3 Å². The van der Waals surface area contributed by atoms with Crippen molar-refractivity contribution in [1.82, 2.24) is 5.32 Å². The molecule has 0 atom stereocenters. The largest absolute Gasteiger partial charge is 0.348 e. The summed E-state index contributed by atoms with van der Waals surface area (Å²) >= 11 is 2.22. The van der Waals surface area contributed by atoms with Gasteiger partial charge in [-0.2, -0.15) is 0 Å². The highest BCUT2D eigenvalue weighted by Gasteiger charge is 2.07. The van der Waals surface area contributed by atoms with Crippen molar-refractivity contribution in [2.75, 3.05) is 0 Å². The van der Waals surface area contributed by atoms with E-state index in [1.807, 2.05) is 24.3 Å². The lowest BCUT2D eigenvalue weighted by Crippen LogP contribution is -2.23. The third-order valence-electron chi connectivity index (χ3n) is 3.59. The van der Waals surface area contributed by atoms with E-state index in [0.29, 0.717) is 12.1 Å². The lowest BCUT2D eigenvalue weighted by molar-refractivity contribution is 0.0951. The summed E-state index contributed by atoms with van der Waals surface area (Å²) in [5.74, 6) is -0.0162. The van der Waals surface area contributed by atoms with Gasteiger partial charge in [0.1, 0.15) is 0 Å². The molecule has 110 valence electrons. The maximum absolute atomic E-state index is 12.2. The van der Waals surface area contributed by atoms with E-state index in [1.165, 1.54) is 16.7 Å². The molecule has 1 amide bonds. The van der Waals surface area contributed by atoms with Gasteiger partial charge >= 0.3 is 0 Å². The van der Waals surface area contributed by atoms with E-state index in [2.05, 4.69) is 60.0 Å². The van der Waals surface area contributed by atoms with Crippen LogP contribution in [0, 0.1) is 3.57 Å². The summed E-state index contributed by atoms with van der Waals surface area (Å²) in [6.45, 7) is 4.88. The Hall–Kier alpha value is -1.36. The maximum Gasteiger partial charge on any atom is 0.251 e. The minimum Gasteiger partial charge on any atom is -0.348 e. The molecular formula is C18H20INO. The second-order valence-electron chi connectivity index (χ2n) is 5.00. The number of carbonyl (C=O) groups is 1. The normalized spacial score (nSPS) is 10.4. The molecule has 0 spiro atoms. The van der Waals surface area contributed by atoms with Crippen LogP contribution < -0.4 is 5.32 Å². The van der Waals surface area contributed by atoms with Crippen LogP contribution in [-0.2, 0) is 19.4 Å². The molecule has 2 rings (SSSR count). The number of hydrogen-bond acceptors (Lipinski definition) is 1. The van der Waals surface area contributed by atoms with Gasteiger partial charge < -0.3 is 5.32 Å². The molecule has 0 fully saturated rings. The number of carbonyl (C=O) groups excluding carboxylic acids is 1. The highest BCUT2D eigenvalue weighted by molar-refractivity contribution is 14.1. The summed E-state index contributed by atoms with van der Waals surface area (Å²) in [5, 5.41) is 3.03. The Labute approximate surface area is 140 Å². The summed E-state index contributed by atoms with van der Waals surface area (Å²) < 4.78 is 1.07. The number of hydrogen-bond donors (Lipinski definition) is 1. The fourth-order valence-corrected chi connectivity index (χ4v) is 2.86. The Kier molecular flexibility index (Phi) is 5.79. The Morgan fingerprint density at radius 3 is 2.52 bits per heavy atom. The van der Waals surface area contributed by atoms with Gasteiger partial charge in [-0.05, 0) is 70.3 Å². The molecule has 0 heterocycles. The zero-order chi connectivity index (χ0) is 15.2. The Balaban J connectivity index is 2.10. The van der Waals surface area contributed by atoms with E-state index in [1.54, 1.807) is 0 Å². The monoisotopic (exact) mass is 393 g/mol. The molecule has 21 heavy (non-hydrogen) atoms. The van der Waals surface area contributed by atoms with Crippen molar-refractivity contribution in [2.24, 2.45) is 0 Å². The standard InChI is InChI=1S/C18H20INO/c1-3-13-8-9-14(4-2)16(10-13)12-20-18(21)15-6-5-7-17(19)11-15/h5-11H,3-4,12H2,1-2H3,(H,20,21). The van der Waals surface area contributed by atoms with Crippen LogP contribution in [0.3, 0.4) is 0 Å². The first kappa shape index (κ1) is 16.0. The van der Waals surface area contributed by atoms with Crippen molar-refractivity contribution >= 4 is 28.5 Å². The lowest BCUT2D eigenvalue weighted by atomic mass is 10.0. The summed E-state index contributed by atoms with van der Waals surface area (Å²) in [6, 6.07) is 14.2. The molecule has 0 aromatic heterocycles. The average molecular weight is 393 g/mol. The zero-order valence-corrected chi connectivity index (χ0v) is 14.6. The Bertz CT molecular complexity index is 637. The first-order valence-electron chi connectivity index (χ1n) is 7.28. The van der Waals surface area contributed by atoms with Crippen molar-refractivity contribution in [3.63, 3.8) is 0 Å². The third-order valence-corrected chi connectivity index (χ3v) is 4.26. The van der Waals surface area contributed by atoms with Gasteiger partial charge in [0.15, 0.2) is 0 Å². The van der Waals surface area contributed by atoms with Crippen LogP contribution in [0.25, 0.3) is 0 Å². The maximum atomic E-state index is 12.2. The fourth-order valence-electron chi connectivity index (χ4n) is 2.32. The highest BCUT2D eigenvalue weighted by atomic mass is 127. The number of amides is 1. The van der Waals surface area contributed by atoms with Crippen molar-refractivity contribution in [3.8, 4) is 0 Å². The van der Waals surface area contributed by atoms with Gasteiger partial charge in [0.25, 0.3) is 5.91 Å². The number of halogens is 1. The highest BCUT2D eigenvalue weighted by Crippen LogP contribution is 2.14. The molecule has 0 unspecified atom stereocenters. The summed E-state index contributed by atoms with van der Waals surface area (Å²) in [4.78, 5) is 12.2. The molecule has 0 aliphatic rings. The van der Waals surface area contributed by atoms with Crippen LogP contribution in [0.1, 0.15) is 40.9 Å². The lowest BCUT2D eigenvalue weighted by Gasteiger charge is -2.11. The van der Waals surface area contributed by atoms with Gasteiger partial charge in [0, 0.05) is 15.7 Å². The van der Waals surface area contributed by atoms with Gasteiger partial charge in [0.05, 0.1) is 0 Å². The number of nitrogens with one attached hydrogen (secondary N) is 1. The van der Waals surface area contributed by atoms with Gasteiger partial charge in [0.2, 0.25) is 0 Å². The predicted octanol–water partition coefficient (Wildman–Crippen LogP) is 4.35. The first-order valence-corrected chi connectivity index (χ1v) is 8.36. The Morgan fingerprint density at radius 1 is 1.05 bits per heavy atom.